The fourth-order valence-corrected chi connectivity index (χ4v) is 3.47. The summed E-state index contributed by atoms with van der Waals surface area (Å²) in [6.07, 6.45) is 1.71. The van der Waals surface area contributed by atoms with Crippen molar-refractivity contribution >= 4 is 51.0 Å². The quantitative estimate of drug-likeness (QED) is 0.441. The van der Waals surface area contributed by atoms with Gasteiger partial charge in [0.05, 0.1) is 5.69 Å². The maximum Gasteiger partial charge on any atom is 0.282 e. The van der Waals surface area contributed by atoms with E-state index < -0.39 is 0 Å². The molecule has 1 aliphatic rings. The number of aliphatic imine (C=N–C) groups is 1. The molecule has 1 aliphatic heterocycles. The van der Waals surface area contributed by atoms with Crippen molar-refractivity contribution in [1.29, 1.82) is 0 Å². The Morgan fingerprint density at radius 1 is 0.964 bits per heavy atom. The molecule has 138 valence electrons. The van der Waals surface area contributed by atoms with E-state index in [1.165, 1.54) is 17.0 Å². The normalized spacial score (nSPS) is 15.2. The SMILES string of the molecule is O=C1/C(=C\c2ccc(Cl)cc2)N=C(c2ccccc2Br)N1c1ccc(F)cc1. The van der Waals surface area contributed by atoms with Gasteiger partial charge in [0.15, 0.2) is 0 Å². The first-order valence-corrected chi connectivity index (χ1v) is 9.61. The topological polar surface area (TPSA) is 32.7 Å². The number of rotatable bonds is 3. The van der Waals surface area contributed by atoms with Crippen LogP contribution in [0.25, 0.3) is 6.08 Å². The van der Waals surface area contributed by atoms with Crippen molar-refractivity contribution in [2.75, 3.05) is 4.90 Å². The molecule has 0 bridgehead atoms. The molecule has 1 heterocycles. The van der Waals surface area contributed by atoms with Crippen LogP contribution in [0, 0.1) is 5.82 Å². The van der Waals surface area contributed by atoms with E-state index in [-0.39, 0.29) is 17.4 Å². The fourth-order valence-electron chi connectivity index (χ4n) is 2.89. The third-order valence-corrected chi connectivity index (χ3v) is 5.18. The van der Waals surface area contributed by atoms with Gasteiger partial charge in [-0.15, -0.1) is 0 Å². The van der Waals surface area contributed by atoms with Gasteiger partial charge in [0.1, 0.15) is 17.3 Å². The molecule has 0 aliphatic carbocycles. The lowest BCUT2D eigenvalue weighted by Crippen LogP contribution is -2.32. The van der Waals surface area contributed by atoms with Crippen LogP contribution in [0.2, 0.25) is 5.02 Å². The first-order valence-electron chi connectivity index (χ1n) is 8.44. The highest BCUT2D eigenvalue weighted by atomic mass is 79.9. The van der Waals surface area contributed by atoms with Crippen LogP contribution < -0.4 is 4.90 Å². The number of carbonyl (C=O) groups is 1. The molecule has 0 saturated carbocycles. The smallest absolute Gasteiger partial charge is 0.266 e. The molecule has 3 aromatic rings. The minimum Gasteiger partial charge on any atom is -0.266 e. The highest BCUT2D eigenvalue weighted by Crippen LogP contribution is 2.30. The Balaban J connectivity index is 1.84. The van der Waals surface area contributed by atoms with E-state index >= 15 is 0 Å². The Kier molecular flexibility index (Phi) is 5.11. The summed E-state index contributed by atoms with van der Waals surface area (Å²) in [6, 6.07) is 20.4. The summed E-state index contributed by atoms with van der Waals surface area (Å²) in [5.41, 5.74) is 2.40. The molecule has 1 amide bonds. The van der Waals surface area contributed by atoms with Gasteiger partial charge in [0.25, 0.3) is 5.91 Å². The van der Waals surface area contributed by atoms with E-state index in [1.807, 2.05) is 36.4 Å². The van der Waals surface area contributed by atoms with Gasteiger partial charge >= 0.3 is 0 Å². The number of amides is 1. The number of amidine groups is 1. The minimum absolute atomic E-state index is 0.285. The van der Waals surface area contributed by atoms with E-state index in [1.54, 1.807) is 30.3 Å². The number of nitrogens with zero attached hydrogens (tertiary/aromatic N) is 2. The second kappa shape index (κ2) is 7.70. The van der Waals surface area contributed by atoms with Crippen LogP contribution in [0.1, 0.15) is 11.1 Å². The maximum absolute atomic E-state index is 13.4. The Labute approximate surface area is 174 Å². The summed E-state index contributed by atoms with van der Waals surface area (Å²) in [7, 11) is 0. The van der Waals surface area contributed by atoms with Crippen LogP contribution >= 0.6 is 27.5 Å². The van der Waals surface area contributed by atoms with Crippen molar-refractivity contribution < 1.29 is 9.18 Å². The third-order valence-electron chi connectivity index (χ3n) is 4.23. The molecule has 0 N–H and O–H groups in total. The van der Waals surface area contributed by atoms with Crippen molar-refractivity contribution in [2.24, 2.45) is 4.99 Å². The van der Waals surface area contributed by atoms with E-state index in [2.05, 4.69) is 20.9 Å². The molecule has 3 nitrogen and oxygen atoms in total. The standard InChI is InChI=1S/C22H13BrClFN2O/c23-19-4-2-1-3-18(19)21-26-20(13-14-5-7-15(24)8-6-14)22(28)27(21)17-11-9-16(25)10-12-17/h1-13H/b20-13+. The summed E-state index contributed by atoms with van der Waals surface area (Å²) in [4.78, 5) is 19.2. The lowest BCUT2D eigenvalue weighted by molar-refractivity contribution is -0.113. The van der Waals surface area contributed by atoms with Crippen LogP contribution in [-0.2, 0) is 4.79 Å². The molecule has 0 spiro atoms. The molecule has 0 radical (unpaired) electrons. The number of benzene rings is 3. The second-order valence-corrected chi connectivity index (χ2v) is 7.40. The van der Waals surface area contributed by atoms with Gasteiger partial charge in [0, 0.05) is 15.1 Å². The van der Waals surface area contributed by atoms with Gasteiger partial charge in [0.2, 0.25) is 0 Å². The molecule has 6 heteroatoms. The molecule has 0 saturated heterocycles. The predicted octanol–water partition coefficient (Wildman–Crippen LogP) is 6.08. The summed E-state index contributed by atoms with van der Waals surface area (Å²) in [5.74, 6) is -0.177. The lowest BCUT2D eigenvalue weighted by atomic mass is 10.1. The van der Waals surface area contributed by atoms with Crippen molar-refractivity contribution in [3.8, 4) is 0 Å². The summed E-state index contributed by atoms with van der Waals surface area (Å²) in [6.45, 7) is 0. The number of carbonyl (C=O) groups excluding carboxylic acids is 1. The van der Waals surface area contributed by atoms with E-state index in [4.69, 9.17) is 11.6 Å². The van der Waals surface area contributed by atoms with Gasteiger partial charge < -0.3 is 0 Å². The average Bonchev–Trinajstić information content (AvgIpc) is 3.01. The van der Waals surface area contributed by atoms with Crippen LogP contribution in [0.3, 0.4) is 0 Å². The Bertz CT molecular complexity index is 1110. The molecule has 3 aromatic carbocycles. The molecular weight excluding hydrogens is 443 g/mol. The van der Waals surface area contributed by atoms with Crippen LogP contribution in [0.4, 0.5) is 10.1 Å². The highest BCUT2D eigenvalue weighted by Gasteiger charge is 2.33. The van der Waals surface area contributed by atoms with Gasteiger partial charge in [-0.1, -0.05) is 57.9 Å². The summed E-state index contributed by atoms with van der Waals surface area (Å²) in [5, 5.41) is 0.616. The zero-order valence-corrected chi connectivity index (χ0v) is 16.8. The summed E-state index contributed by atoms with van der Waals surface area (Å²) < 4.78 is 14.2. The lowest BCUT2D eigenvalue weighted by Gasteiger charge is -2.19. The fraction of sp³-hybridized carbons (Fsp3) is 0. The third kappa shape index (κ3) is 3.63. The predicted molar refractivity (Wildman–Crippen MR) is 114 cm³/mol. The Morgan fingerprint density at radius 2 is 1.64 bits per heavy atom. The van der Waals surface area contributed by atoms with Crippen molar-refractivity contribution in [1.82, 2.24) is 0 Å². The van der Waals surface area contributed by atoms with Gasteiger partial charge in [-0.3, -0.25) is 9.69 Å². The molecule has 0 aromatic heterocycles. The number of hydrogen-bond donors (Lipinski definition) is 0. The van der Waals surface area contributed by atoms with E-state index in [9.17, 15) is 9.18 Å². The summed E-state index contributed by atoms with van der Waals surface area (Å²) >= 11 is 9.45. The van der Waals surface area contributed by atoms with E-state index in [0.29, 0.717) is 16.5 Å². The van der Waals surface area contributed by atoms with Crippen molar-refractivity contribution in [3.05, 3.63) is 105 Å². The minimum atomic E-state index is -0.369. The van der Waals surface area contributed by atoms with Gasteiger partial charge in [-0.25, -0.2) is 9.38 Å². The zero-order valence-electron chi connectivity index (χ0n) is 14.4. The number of anilines is 1. The molecule has 0 fully saturated rings. The molecule has 0 atom stereocenters. The van der Waals surface area contributed by atoms with Crippen LogP contribution in [0.15, 0.2) is 88.0 Å². The molecular formula is C22H13BrClFN2O. The first kappa shape index (κ1) is 18.6. The molecule has 4 rings (SSSR count). The first-order chi connectivity index (χ1) is 13.5. The Hall–Kier alpha value is -2.76. The van der Waals surface area contributed by atoms with Crippen LogP contribution in [0.5, 0.6) is 0 Å². The average molecular weight is 456 g/mol. The monoisotopic (exact) mass is 454 g/mol. The van der Waals surface area contributed by atoms with Crippen LogP contribution in [-0.4, -0.2) is 11.7 Å². The number of halogens is 3. The highest BCUT2D eigenvalue weighted by molar-refractivity contribution is 9.10. The van der Waals surface area contributed by atoms with Gasteiger partial charge in [-0.05, 0) is 54.1 Å². The molecule has 0 unspecified atom stereocenters. The van der Waals surface area contributed by atoms with E-state index in [0.717, 1.165) is 15.6 Å². The second-order valence-electron chi connectivity index (χ2n) is 6.11. The van der Waals surface area contributed by atoms with Crippen molar-refractivity contribution in [2.45, 2.75) is 0 Å². The van der Waals surface area contributed by atoms with Crippen molar-refractivity contribution in [3.63, 3.8) is 0 Å². The Morgan fingerprint density at radius 3 is 2.32 bits per heavy atom. The maximum atomic E-state index is 13.4. The zero-order chi connectivity index (χ0) is 19.7. The largest absolute Gasteiger partial charge is 0.282 e. The molecule has 28 heavy (non-hydrogen) atoms. The van der Waals surface area contributed by atoms with Gasteiger partial charge in [-0.2, -0.15) is 0 Å². The number of hydrogen-bond acceptors (Lipinski definition) is 2.